The first kappa shape index (κ1) is 34.6. The summed E-state index contributed by atoms with van der Waals surface area (Å²) in [4.78, 5) is 9.76. The molecule has 1 unspecified atom stereocenters. The molecule has 5 nitrogen and oxygen atoms in total. The Morgan fingerprint density at radius 3 is 2.10 bits per heavy atom. The molecule has 1 atom stereocenters. The van der Waals surface area contributed by atoms with Gasteiger partial charge in [0.25, 0.3) is 0 Å². The Kier molecular flexibility index (Phi) is 15.6. The summed E-state index contributed by atoms with van der Waals surface area (Å²) >= 11 is 0. The van der Waals surface area contributed by atoms with Crippen molar-refractivity contribution < 1.29 is 9.84 Å². The summed E-state index contributed by atoms with van der Waals surface area (Å²) in [5.74, 6) is 1.60. The number of aliphatic imine (C=N–C) groups is 2. The van der Waals surface area contributed by atoms with E-state index in [0.29, 0.717) is 12.8 Å². The molecule has 0 heterocycles. The van der Waals surface area contributed by atoms with Gasteiger partial charge in [-0.15, -0.1) is 0 Å². The molecule has 0 radical (unpaired) electrons. The van der Waals surface area contributed by atoms with E-state index in [1.165, 1.54) is 5.56 Å². The number of amidine groups is 1. The van der Waals surface area contributed by atoms with Gasteiger partial charge >= 0.3 is 0 Å². The maximum Gasteiger partial charge on any atom is 0.118 e. The zero-order valence-electron chi connectivity index (χ0n) is 26.2. The van der Waals surface area contributed by atoms with Crippen LogP contribution in [0.2, 0.25) is 0 Å². The second kappa shape index (κ2) is 18.0. The minimum Gasteiger partial charge on any atom is -0.497 e. The standard InChI is InChI=1S/C33H45N3O2.C2H6/c1-9-21-33(37,22-10-2)27(6)36-32(30-16-18-31(38-8)19-17-30)25(4)24(3)20-23-34-28(7)35-26(5)29-14-12-11-13-15-29;1-2/h11-20,23,26,37H,3,9-10,21-22H2,1-2,4-8H3,(H,34,35);1-2H3/b23-20-,32-25+,36-27?;. The molecule has 0 aromatic heterocycles. The molecule has 0 saturated carbocycles. The van der Waals surface area contributed by atoms with Crippen molar-refractivity contribution in [3.63, 3.8) is 0 Å². The monoisotopic (exact) mass is 545 g/mol. The number of nitrogens with one attached hydrogen (secondary N) is 1. The molecule has 0 aliphatic heterocycles. The van der Waals surface area contributed by atoms with Crippen LogP contribution in [-0.2, 0) is 0 Å². The Balaban J connectivity index is 0.00000391. The highest BCUT2D eigenvalue weighted by molar-refractivity contribution is 5.95. The Bertz CT molecular complexity index is 1150. The van der Waals surface area contributed by atoms with Crippen molar-refractivity contribution >= 4 is 17.2 Å². The average Bonchev–Trinajstić information content (AvgIpc) is 2.97. The summed E-state index contributed by atoms with van der Waals surface area (Å²) in [6.45, 7) is 20.4. The molecule has 2 aromatic carbocycles. The van der Waals surface area contributed by atoms with Crippen LogP contribution in [0.25, 0.3) is 5.70 Å². The molecule has 2 aromatic rings. The summed E-state index contributed by atoms with van der Waals surface area (Å²) in [6, 6.07) is 18.1. The predicted molar refractivity (Wildman–Crippen MR) is 174 cm³/mol. The summed E-state index contributed by atoms with van der Waals surface area (Å²) in [5.41, 5.74) is 4.43. The van der Waals surface area contributed by atoms with Crippen LogP contribution in [0.4, 0.5) is 0 Å². The van der Waals surface area contributed by atoms with Crippen LogP contribution in [-0.4, -0.2) is 29.4 Å². The number of methoxy groups -OCH3 is 1. The van der Waals surface area contributed by atoms with Gasteiger partial charge in [0.15, 0.2) is 0 Å². The first-order chi connectivity index (χ1) is 19.1. The third-order valence-electron chi connectivity index (χ3n) is 6.73. The summed E-state index contributed by atoms with van der Waals surface area (Å²) < 4.78 is 5.35. The van der Waals surface area contributed by atoms with E-state index in [2.05, 4.69) is 44.8 Å². The van der Waals surface area contributed by atoms with Gasteiger partial charge in [-0.1, -0.05) is 77.4 Å². The molecule has 0 amide bonds. The zero-order valence-corrected chi connectivity index (χ0v) is 26.2. The molecule has 0 fully saturated rings. The normalized spacial score (nSPS) is 13.8. The summed E-state index contributed by atoms with van der Waals surface area (Å²) in [7, 11) is 1.65. The number of ether oxygens (including phenoxy) is 1. The molecule has 0 bridgehead atoms. The van der Waals surface area contributed by atoms with Crippen molar-refractivity contribution in [1.82, 2.24) is 5.32 Å². The Morgan fingerprint density at radius 1 is 1.00 bits per heavy atom. The van der Waals surface area contributed by atoms with Crippen LogP contribution in [0, 0.1) is 0 Å². The van der Waals surface area contributed by atoms with E-state index in [4.69, 9.17) is 14.7 Å². The molecular weight excluding hydrogens is 494 g/mol. The van der Waals surface area contributed by atoms with Crippen LogP contribution >= 0.6 is 0 Å². The lowest BCUT2D eigenvalue weighted by molar-refractivity contribution is 0.0904. The largest absolute Gasteiger partial charge is 0.497 e. The first-order valence-corrected chi connectivity index (χ1v) is 14.5. The Hall–Kier alpha value is -3.44. The third kappa shape index (κ3) is 10.6. The van der Waals surface area contributed by atoms with Gasteiger partial charge in [0.2, 0.25) is 0 Å². The highest BCUT2D eigenvalue weighted by atomic mass is 16.5. The number of hydrogen-bond acceptors (Lipinski definition) is 4. The number of benzene rings is 2. The fraction of sp³-hybridized carbons (Fsp3) is 0.429. The molecule has 40 heavy (non-hydrogen) atoms. The average molecular weight is 546 g/mol. The zero-order chi connectivity index (χ0) is 30.1. The van der Waals surface area contributed by atoms with Crippen molar-refractivity contribution in [2.24, 2.45) is 9.98 Å². The highest BCUT2D eigenvalue weighted by Gasteiger charge is 2.29. The van der Waals surface area contributed by atoms with Gasteiger partial charge in [-0.3, -0.25) is 9.98 Å². The molecule has 5 heteroatoms. The summed E-state index contributed by atoms with van der Waals surface area (Å²) in [6.07, 6.45) is 6.91. The number of nitrogens with zero attached hydrogens (tertiary/aromatic N) is 2. The third-order valence-corrected chi connectivity index (χ3v) is 6.73. The van der Waals surface area contributed by atoms with Crippen molar-refractivity contribution in [3.8, 4) is 5.75 Å². The van der Waals surface area contributed by atoms with Gasteiger partial charge in [0.1, 0.15) is 11.4 Å². The fourth-order valence-corrected chi connectivity index (χ4v) is 4.37. The molecular formula is C35H51N3O2. The number of aliphatic hydroxyl groups is 1. The quantitative estimate of drug-likeness (QED) is 0.150. The topological polar surface area (TPSA) is 66.2 Å². The van der Waals surface area contributed by atoms with Crippen LogP contribution in [0.1, 0.15) is 98.2 Å². The number of rotatable bonds is 13. The van der Waals surface area contributed by atoms with Gasteiger partial charge in [-0.2, -0.15) is 0 Å². The SMILES string of the molecule is C=C(/C=C\NC(C)=NC(C)c1ccccc1)/C(C)=C(/N=C(C)C(O)(CCC)CCC)c1ccc(OC)cc1.CC. The molecule has 0 aliphatic rings. The Morgan fingerprint density at radius 2 is 1.57 bits per heavy atom. The van der Waals surface area contributed by atoms with Gasteiger partial charge in [0.05, 0.1) is 24.7 Å². The van der Waals surface area contributed by atoms with Crippen molar-refractivity contribution in [1.29, 1.82) is 0 Å². The minimum atomic E-state index is -0.927. The first-order valence-electron chi connectivity index (χ1n) is 14.5. The Labute approximate surface area is 243 Å². The minimum absolute atomic E-state index is 0.0610. The molecule has 2 rings (SSSR count). The van der Waals surface area contributed by atoms with Crippen LogP contribution < -0.4 is 10.1 Å². The lowest BCUT2D eigenvalue weighted by atomic mass is 9.88. The molecule has 218 valence electrons. The fourth-order valence-electron chi connectivity index (χ4n) is 4.37. The molecule has 0 aliphatic carbocycles. The lowest BCUT2D eigenvalue weighted by Crippen LogP contribution is -2.36. The van der Waals surface area contributed by atoms with E-state index in [0.717, 1.165) is 52.5 Å². The second-order valence-electron chi connectivity index (χ2n) is 9.73. The van der Waals surface area contributed by atoms with Gasteiger partial charge in [-0.05, 0) is 87.6 Å². The van der Waals surface area contributed by atoms with Crippen LogP contribution in [0.15, 0.2) is 94.6 Å². The van der Waals surface area contributed by atoms with E-state index >= 15 is 0 Å². The summed E-state index contributed by atoms with van der Waals surface area (Å²) in [5, 5.41) is 14.7. The lowest BCUT2D eigenvalue weighted by Gasteiger charge is -2.28. The van der Waals surface area contributed by atoms with Crippen molar-refractivity contribution in [2.75, 3.05) is 7.11 Å². The van der Waals surface area contributed by atoms with E-state index < -0.39 is 5.60 Å². The van der Waals surface area contributed by atoms with E-state index in [-0.39, 0.29) is 6.04 Å². The van der Waals surface area contributed by atoms with Crippen molar-refractivity contribution in [2.45, 2.75) is 92.7 Å². The van der Waals surface area contributed by atoms with E-state index in [1.54, 1.807) is 7.11 Å². The molecule has 2 N–H and O–H groups in total. The molecule has 0 spiro atoms. The van der Waals surface area contributed by atoms with Crippen molar-refractivity contribution in [3.05, 3.63) is 95.7 Å². The number of hydrogen-bond donors (Lipinski definition) is 2. The predicted octanol–water partition coefficient (Wildman–Crippen LogP) is 9.08. The molecule has 0 saturated heterocycles. The highest BCUT2D eigenvalue weighted by Crippen LogP contribution is 2.30. The smallest absolute Gasteiger partial charge is 0.118 e. The van der Waals surface area contributed by atoms with Gasteiger partial charge < -0.3 is 15.2 Å². The number of allylic oxidation sites excluding steroid dienone is 3. The van der Waals surface area contributed by atoms with Gasteiger partial charge in [-0.25, -0.2) is 0 Å². The van der Waals surface area contributed by atoms with Gasteiger partial charge in [0, 0.05) is 17.5 Å². The van der Waals surface area contributed by atoms with E-state index in [9.17, 15) is 5.11 Å². The maximum absolute atomic E-state index is 11.4. The second-order valence-corrected chi connectivity index (χ2v) is 9.73. The maximum atomic E-state index is 11.4. The van der Waals surface area contributed by atoms with Crippen LogP contribution in [0.5, 0.6) is 5.75 Å². The van der Waals surface area contributed by atoms with E-state index in [1.807, 2.05) is 89.4 Å². The van der Waals surface area contributed by atoms with Crippen LogP contribution in [0.3, 0.4) is 0 Å².